The van der Waals surface area contributed by atoms with E-state index in [1.807, 2.05) is 30.3 Å². The average molecular weight is 215 g/mol. The van der Waals surface area contributed by atoms with Crippen LogP contribution in [0.2, 0.25) is 0 Å². The summed E-state index contributed by atoms with van der Waals surface area (Å²) in [6.07, 6.45) is 0.492. The number of rotatable bonds is 5. The van der Waals surface area contributed by atoms with Crippen LogP contribution in [0.15, 0.2) is 30.3 Å². The van der Waals surface area contributed by atoms with Gasteiger partial charge in [-0.3, -0.25) is 0 Å². The number of hydrogen-bond donors (Lipinski definition) is 1. The Labute approximate surface area is 89.5 Å². The molecule has 1 aromatic carbocycles. The molecule has 1 atom stereocenters. The van der Waals surface area contributed by atoms with E-state index in [4.69, 9.17) is 16.3 Å². The fraction of sp³-hybridized carbons (Fsp3) is 0.455. The first-order chi connectivity index (χ1) is 6.73. The third-order valence-corrected chi connectivity index (χ3v) is 2.39. The minimum Gasteiger partial charge on any atom is -0.383 e. The van der Waals surface area contributed by atoms with Gasteiger partial charge in [-0.2, -0.15) is 0 Å². The van der Waals surface area contributed by atoms with Crippen LogP contribution in [0.3, 0.4) is 0 Å². The summed E-state index contributed by atoms with van der Waals surface area (Å²) in [5.74, 6) is 0.411. The van der Waals surface area contributed by atoms with Crippen molar-refractivity contribution in [3.8, 4) is 0 Å². The predicted octanol–water partition coefficient (Wildman–Crippen LogP) is 2.15. The SMILES string of the molecule is COCC(O)(CCCl)c1ccccc1. The Hall–Kier alpha value is -0.570. The van der Waals surface area contributed by atoms with Crippen LogP contribution in [-0.2, 0) is 10.3 Å². The van der Waals surface area contributed by atoms with Gasteiger partial charge in [0.15, 0.2) is 0 Å². The van der Waals surface area contributed by atoms with Gasteiger partial charge in [-0.25, -0.2) is 0 Å². The highest BCUT2D eigenvalue weighted by Crippen LogP contribution is 2.25. The van der Waals surface area contributed by atoms with Crippen molar-refractivity contribution in [1.82, 2.24) is 0 Å². The Kier molecular flexibility index (Phi) is 4.39. The van der Waals surface area contributed by atoms with Gasteiger partial charge in [-0.15, -0.1) is 11.6 Å². The van der Waals surface area contributed by atoms with Crippen molar-refractivity contribution in [3.63, 3.8) is 0 Å². The monoisotopic (exact) mass is 214 g/mol. The van der Waals surface area contributed by atoms with Crippen LogP contribution in [0.4, 0.5) is 0 Å². The van der Waals surface area contributed by atoms with Gasteiger partial charge in [0.25, 0.3) is 0 Å². The molecule has 1 rings (SSSR count). The molecule has 0 spiro atoms. The second kappa shape index (κ2) is 5.35. The van der Waals surface area contributed by atoms with Gasteiger partial charge in [-0.1, -0.05) is 30.3 Å². The van der Waals surface area contributed by atoms with Gasteiger partial charge >= 0.3 is 0 Å². The predicted molar refractivity (Wildman–Crippen MR) is 57.6 cm³/mol. The summed E-state index contributed by atoms with van der Waals surface area (Å²) in [6, 6.07) is 9.46. The van der Waals surface area contributed by atoms with Crippen molar-refractivity contribution in [2.45, 2.75) is 12.0 Å². The average Bonchev–Trinajstić information content (AvgIpc) is 2.20. The smallest absolute Gasteiger partial charge is 0.114 e. The summed E-state index contributed by atoms with van der Waals surface area (Å²) in [5.41, 5.74) is -0.111. The van der Waals surface area contributed by atoms with Crippen molar-refractivity contribution in [2.24, 2.45) is 0 Å². The molecule has 0 aliphatic rings. The molecule has 0 aromatic heterocycles. The quantitative estimate of drug-likeness (QED) is 0.762. The van der Waals surface area contributed by atoms with Crippen LogP contribution >= 0.6 is 11.6 Å². The van der Waals surface area contributed by atoms with E-state index in [0.717, 1.165) is 5.56 Å². The highest BCUT2D eigenvalue weighted by Gasteiger charge is 2.28. The van der Waals surface area contributed by atoms with Crippen LogP contribution in [0.5, 0.6) is 0 Å². The molecular formula is C11H15ClO2. The van der Waals surface area contributed by atoms with E-state index in [9.17, 15) is 5.11 Å². The lowest BCUT2D eigenvalue weighted by Gasteiger charge is -2.27. The molecule has 0 saturated heterocycles. The van der Waals surface area contributed by atoms with Crippen LogP contribution in [0.25, 0.3) is 0 Å². The normalized spacial score (nSPS) is 15.1. The largest absolute Gasteiger partial charge is 0.383 e. The molecule has 1 aromatic rings. The Bertz CT molecular complexity index is 255. The standard InChI is InChI=1S/C11H15ClO2/c1-14-9-11(13,7-8-12)10-5-3-2-4-6-10/h2-6,13H,7-9H2,1H3. The molecule has 1 N–H and O–H groups in total. The van der Waals surface area contributed by atoms with E-state index in [1.165, 1.54) is 0 Å². The summed E-state index contributed by atoms with van der Waals surface area (Å²) in [7, 11) is 1.57. The Morgan fingerprint density at radius 3 is 2.50 bits per heavy atom. The molecule has 0 heterocycles. The van der Waals surface area contributed by atoms with E-state index in [2.05, 4.69) is 0 Å². The number of alkyl halides is 1. The number of ether oxygens (including phenoxy) is 1. The molecule has 2 nitrogen and oxygen atoms in total. The maximum Gasteiger partial charge on any atom is 0.114 e. The topological polar surface area (TPSA) is 29.5 Å². The second-order valence-electron chi connectivity index (χ2n) is 3.27. The Morgan fingerprint density at radius 2 is 2.00 bits per heavy atom. The third kappa shape index (κ3) is 2.71. The van der Waals surface area contributed by atoms with E-state index in [-0.39, 0.29) is 6.61 Å². The van der Waals surface area contributed by atoms with Gasteiger partial charge < -0.3 is 9.84 Å². The number of halogens is 1. The second-order valence-corrected chi connectivity index (χ2v) is 3.65. The van der Waals surface area contributed by atoms with Crippen LogP contribution in [0.1, 0.15) is 12.0 Å². The molecule has 0 aliphatic heterocycles. The zero-order chi connectivity index (χ0) is 10.4. The van der Waals surface area contributed by atoms with Crippen molar-refractivity contribution in [3.05, 3.63) is 35.9 Å². The first kappa shape index (κ1) is 11.5. The number of benzene rings is 1. The molecule has 0 fully saturated rings. The lowest BCUT2D eigenvalue weighted by molar-refractivity contribution is -0.0379. The number of aliphatic hydroxyl groups is 1. The lowest BCUT2D eigenvalue weighted by Crippen LogP contribution is -2.31. The molecule has 0 aliphatic carbocycles. The fourth-order valence-corrected chi connectivity index (χ4v) is 1.76. The van der Waals surface area contributed by atoms with Gasteiger partial charge in [0.1, 0.15) is 5.60 Å². The van der Waals surface area contributed by atoms with E-state index in [0.29, 0.717) is 12.3 Å². The van der Waals surface area contributed by atoms with Crippen LogP contribution < -0.4 is 0 Å². The van der Waals surface area contributed by atoms with E-state index in [1.54, 1.807) is 7.11 Å². The molecule has 1 unspecified atom stereocenters. The Morgan fingerprint density at radius 1 is 1.36 bits per heavy atom. The Balaban J connectivity index is 2.87. The maximum absolute atomic E-state index is 10.3. The summed E-state index contributed by atoms with van der Waals surface area (Å²) in [6.45, 7) is 0.268. The molecule has 0 saturated carbocycles. The first-order valence-electron chi connectivity index (χ1n) is 4.56. The molecule has 0 bridgehead atoms. The van der Waals surface area contributed by atoms with Gasteiger partial charge in [0.05, 0.1) is 6.61 Å². The highest BCUT2D eigenvalue weighted by atomic mass is 35.5. The molecular weight excluding hydrogens is 200 g/mol. The van der Waals surface area contributed by atoms with Crippen molar-refractivity contribution >= 4 is 11.6 Å². The summed E-state index contributed by atoms with van der Waals surface area (Å²) in [4.78, 5) is 0. The highest BCUT2D eigenvalue weighted by molar-refractivity contribution is 6.17. The van der Waals surface area contributed by atoms with E-state index < -0.39 is 5.60 Å². The zero-order valence-electron chi connectivity index (χ0n) is 8.24. The fourth-order valence-electron chi connectivity index (χ4n) is 1.44. The molecule has 0 radical (unpaired) electrons. The van der Waals surface area contributed by atoms with Gasteiger partial charge in [-0.05, 0) is 12.0 Å². The van der Waals surface area contributed by atoms with Crippen LogP contribution in [-0.4, -0.2) is 24.7 Å². The molecule has 0 amide bonds. The number of hydrogen-bond acceptors (Lipinski definition) is 2. The lowest BCUT2D eigenvalue weighted by atomic mass is 9.92. The summed E-state index contributed by atoms with van der Waals surface area (Å²) < 4.78 is 5.01. The van der Waals surface area contributed by atoms with Gasteiger partial charge in [0, 0.05) is 13.0 Å². The van der Waals surface area contributed by atoms with Crippen molar-refractivity contribution in [2.75, 3.05) is 19.6 Å². The van der Waals surface area contributed by atoms with E-state index >= 15 is 0 Å². The van der Waals surface area contributed by atoms with Crippen molar-refractivity contribution in [1.29, 1.82) is 0 Å². The minimum absolute atomic E-state index is 0.268. The summed E-state index contributed by atoms with van der Waals surface area (Å²) in [5, 5.41) is 10.3. The van der Waals surface area contributed by atoms with Crippen molar-refractivity contribution < 1.29 is 9.84 Å². The minimum atomic E-state index is -0.961. The molecule has 14 heavy (non-hydrogen) atoms. The van der Waals surface area contributed by atoms with Gasteiger partial charge in [0.2, 0.25) is 0 Å². The summed E-state index contributed by atoms with van der Waals surface area (Å²) >= 11 is 5.66. The van der Waals surface area contributed by atoms with Crippen LogP contribution in [0, 0.1) is 0 Å². The maximum atomic E-state index is 10.3. The number of methoxy groups -OCH3 is 1. The zero-order valence-corrected chi connectivity index (χ0v) is 9.00. The third-order valence-electron chi connectivity index (χ3n) is 2.20. The molecule has 3 heteroatoms. The first-order valence-corrected chi connectivity index (χ1v) is 5.09. The molecule has 78 valence electrons.